The van der Waals surface area contributed by atoms with Gasteiger partial charge in [0.05, 0.1) is 18.7 Å². The highest BCUT2D eigenvalue weighted by molar-refractivity contribution is 7.99. The molecule has 2 N–H and O–H groups in total. The Hall–Kier alpha value is -2.19. The van der Waals surface area contributed by atoms with Crippen LogP contribution in [0.25, 0.3) is 10.9 Å². The molecule has 1 aromatic carbocycles. The molecule has 0 amide bonds. The molecule has 2 aromatic heterocycles. The van der Waals surface area contributed by atoms with Crippen molar-refractivity contribution >= 4 is 22.7 Å². The quantitative estimate of drug-likeness (QED) is 0.307. The first-order valence-electron chi connectivity index (χ1n) is 12.1. The maximum atomic E-state index is 11.0. The van der Waals surface area contributed by atoms with Crippen molar-refractivity contribution in [2.75, 3.05) is 39.1 Å². The lowest BCUT2D eigenvalue weighted by Gasteiger charge is -2.38. The number of pyridine rings is 2. The van der Waals surface area contributed by atoms with E-state index in [0.717, 1.165) is 66.9 Å². The number of hydrogen-bond acceptors (Lipinski definition) is 7. The van der Waals surface area contributed by atoms with Crippen molar-refractivity contribution < 1.29 is 14.9 Å². The van der Waals surface area contributed by atoms with Crippen LogP contribution in [0.5, 0.6) is 5.75 Å². The molecule has 4 rings (SSSR count). The summed E-state index contributed by atoms with van der Waals surface area (Å²) in [5, 5.41) is 22.0. The minimum absolute atomic E-state index is 0.207. The summed E-state index contributed by atoms with van der Waals surface area (Å²) in [6, 6.07) is 11.8. The zero-order valence-corrected chi connectivity index (χ0v) is 20.7. The second-order valence-electron chi connectivity index (χ2n) is 9.05. The van der Waals surface area contributed by atoms with Crippen molar-refractivity contribution in [3.63, 3.8) is 0 Å². The van der Waals surface area contributed by atoms with E-state index in [0.29, 0.717) is 12.3 Å². The molecule has 0 spiro atoms. The summed E-state index contributed by atoms with van der Waals surface area (Å²) < 4.78 is 5.36. The van der Waals surface area contributed by atoms with Crippen molar-refractivity contribution in [1.29, 1.82) is 0 Å². The fourth-order valence-electron chi connectivity index (χ4n) is 4.95. The minimum atomic E-state index is -0.555. The molecule has 0 aliphatic carbocycles. The Bertz CT molecular complexity index is 1040. The molecule has 0 radical (unpaired) electrons. The third kappa shape index (κ3) is 6.48. The average molecular weight is 482 g/mol. The van der Waals surface area contributed by atoms with Crippen molar-refractivity contribution in [2.24, 2.45) is 11.8 Å². The first-order chi connectivity index (χ1) is 16.7. The van der Waals surface area contributed by atoms with E-state index in [4.69, 9.17) is 4.74 Å². The van der Waals surface area contributed by atoms with Gasteiger partial charge in [-0.05, 0) is 98.3 Å². The van der Waals surface area contributed by atoms with E-state index in [9.17, 15) is 10.2 Å². The van der Waals surface area contributed by atoms with Crippen LogP contribution in [0.3, 0.4) is 0 Å². The van der Waals surface area contributed by atoms with Gasteiger partial charge in [0.15, 0.2) is 0 Å². The Labute approximate surface area is 206 Å². The van der Waals surface area contributed by atoms with Gasteiger partial charge >= 0.3 is 0 Å². The van der Waals surface area contributed by atoms with Gasteiger partial charge in [0.25, 0.3) is 0 Å². The van der Waals surface area contributed by atoms with Crippen LogP contribution in [0.1, 0.15) is 37.4 Å². The number of aliphatic hydroxyl groups excluding tert-OH is 2. The molecule has 0 saturated carbocycles. The molecule has 0 bridgehead atoms. The molecule has 1 fully saturated rings. The Morgan fingerprint density at radius 3 is 2.79 bits per heavy atom. The topological polar surface area (TPSA) is 78.7 Å². The zero-order chi connectivity index (χ0) is 23.8. The minimum Gasteiger partial charge on any atom is -0.497 e. The van der Waals surface area contributed by atoms with Gasteiger partial charge in [0.2, 0.25) is 0 Å². The summed E-state index contributed by atoms with van der Waals surface area (Å²) in [5.74, 6) is 2.55. The number of piperidine rings is 1. The Kier molecular flexibility index (Phi) is 9.16. The molecule has 182 valence electrons. The summed E-state index contributed by atoms with van der Waals surface area (Å²) in [5.41, 5.74) is 1.76. The Morgan fingerprint density at radius 1 is 1.15 bits per heavy atom. The van der Waals surface area contributed by atoms with E-state index in [1.165, 1.54) is 4.90 Å². The largest absolute Gasteiger partial charge is 0.497 e. The maximum Gasteiger partial charge on any atom is 0.119 e. The van der Waals surface area contributed by atoms with Gasteiger partial charge in [-0.15, -0.1) is 11.8 Å². The molecule has 7 heteroatoms. The molecule has 1 aliphatic heterocycles. The molecular weight excluding hydrogens is 446 g/mol. The molecule has 1 aliphatic rings. The molecule has 6 nitrogen and oxygen atoms in total. The number of aliphatic hydroxyl groups is 2. The SMILES string of the molecule is COc1ccc2nccc([C@@H](O)CC[C@@H]3CCN(CCCSc4ccncc4)C[C@@H]3CO)c2c1. The van der Waals surface area contributed by atoms with Crippen LogP contribution in [-0.2, 0) is 0 Å². The summed E-state index contributed by atoms with van der Waals surface area (Å²) in [4.78, 5) is 12.2. The van der Waals surface area contributed by atoms with Crippen LogP contribution in [-0.4, -0.2) is 64.2 Å². The number of thioether (sulfide) groups is 1. The zero-order valence-electron chi connectivity index (χ0n) is 19.8. The molecule has 3 atom stereocenters. The van der Waals surface area contributed by atoms with Crippen LogP contribution >= 0.6 is 11.8 Å². The number of nitrogens with zero attached hydrogens (tertiary/aromatic N) is 3. The smallest absolute Gasteiger partial charge is 0.119 e. The lowest BCUT2D eigenvalue weighted by Crippen LogP contribution is -2.42. The third-order valence-corrected chi connectivity index (χ3v) is 8.00. The van der Waals surface area contributed by atoms with Crippen LogP contribution in [0.15, 0.2) is 59.9 Å². The predicted octanol–water partition coefficient (Wildman–Crippen LogP) is 4.56. The van der Waals surface area contributed by atoms with Crippen LogP contribution < -0.4 is 4.74 Å². The standard InChI is InChI=1S/C27H35N3O3S/c1-33-22-4-5-26-25(17-22)24(9-13-29-26)27(32)6-3-20-10-15-30(18-21(20)19-31)14-2-16-34-23-7-11-28-12-8-23/h4-5,7-9,11-13,17,20-21,27,31-32H,2-3,6,10,14-16,18-19H2,1H3/t20-,21-,27+/m1/s1. The molecule has 3 heterocycles. The van der Waals surface area contributed by atoms with Crippen molar-refractivity contribution in [3.05, 3.63) is 60.6 Å². The first kappa shape index (κ1) is 24.9. The number of ether oxygens (including phenoxy) is 1. The van der Waals surface area contributed by atoms with Crippen molar-refractivity contribution in [3.8, 4) is 5.75 Å². The highest BCUT2D eigenvalue weighted by atomic mass is 32.2. The fourth-order valence-corrected chi connectivity index (χ4v) is 5.77. The van der Waals surface area contributed by atoms with Crippen molar-refractivity contribution in [1.82, 2.24) is 14.9 Å². The number of methoxy groups -OCH3 is 1. The summed E-state index contributed by atoms with van der Waals surface area (Å²) in [6.45, 7) is 3.27. The summed E-state index contributed by atoms with van der Waals surface area (Å²) in [6.07, 6.45) is 8.67. The van der Waals surface area contributed by atoms with E-state index in [2.05, 4.69) is 27.0 Å². The molecule has 0 unspecified atom stereocenters. The average Bonchev–Trinajstić information content (AvgIpc) is 2.89. The van der Waals surface area contributed by atoms with E-state index in [-0.39, 0.29) is 12.5 Å². The predicted molar refractivity (Wildman–Crippen MR) is 137 cm³/mol. The molecule has 34 heavy (non-hydrogen) atoms. The van der Waals surface area contributed by atoms with E-state index < -0.39 is 6.10 Å². The van der Waals surface area contributed by atoms with E-state index >= 15 is 0 Å². The lowest BCUT2D eigenvalue weighted by molar-refractivity contribution is 0.0581. The van der Waals surface area contributed by atoms with Gasteiger partial charge in [0.1, 0.15) is 5.75 Å². The monoisotopic (exact) mass is 481 g/mol. The number of hydrogen-bond donors (Lipinski definition) is 2. The van der Waals surface area contributed by atoms with Gasteiger partial charge in [0, 0.05) is 42.0 Å². The van der Waals surface area contributed by atoms with Gasteiger partial charge in [-0.1, -0.05) is 0 Å². The van der Waals surface area contributed by atoms with Gasteiger partial charge < -0.3 is 19.8 Å². The normalized spacial score (nSPS) is 19.9. The maximum absolute atomic E-state index is 11.0. The van der Waals surface area contributed by atoms with Gasteiger partial charge in [-0.25, -0.2) is 0 Å². The fraction of sp³-hybridized carbons (Fsp3) is 0.481. The number of aromatic nitrogens is 2. The van der Waals surface area contributed by atoms with Crippen LogP contribution in [0.4, 0.5) is 0 Å². The highest BCUT2D eigenvalue weighted by Gasteiger charge is 2.29. The van der Waals surface area contributed by atoms with E-state index in [1.54, 1.807) is 13.3 Å². The third-order valence-electron chi connectivity index (χ3n) is 6.90. The number of benzene rings is 1. The van der Waals surface area contributed by atoms with E-state index in [1.807, 2.05) is 48.4 Å². The molecule has 1 saturated heterocycles. The first-order valence-corrected chi connectivity index (χ1v) is 13.1. The number of rotatable bonds is 11. The second-order valence-corrected chi connectivity index (χ2v) is 10.2. The Balaban J connectivity index is 1.26. The highest BCUT2D eigenvalue weighted by Crippen LogP contribution is 2.33. The Morgan fingerprint density at radius 2 is 2.00 bits per heavy atom. The number of fused-ring (bicyclic) bond motifs is 1. The molecular formula is C27H35N3O3S. The summed E-state index contributed by atoms with van der Waals surface area (Å²) in [7, 11) is 1.65. The second kappa shape index (κ2) is 12.5. The van der Waals surface area contributed by atoms with Crippen molar-refractivity contribution in [2.45, 2.75) is 36.7 Å². The van der Waals surface area contributed by atoms with Crippen LogP contribution in [0.2, 0.25) is 0 Å². The lowest BCUT2D eigenvalue weighted by atomic mass is 9.81. The number of likely N-dealkylation sites (tertiary alicyclic amines) is 1. The summed E-state index contributed by atoms with van der Waals surface area (Å²) >= 11 is 1.87. The van der Waals surface area contributed by atoms with Crippen LogP contribution in [0, 0.1) is 11.8 Å². The van der Waals surface area contributed by atoms with Gasteiger partial charge in [-0.2, -0.15) is 0 Å². The molecule has 3 aromatic rings. The van der Waals surface area contributed by atoms with Gasteiger partial charge in [-0.3, -0.25) is 9.97 Å².